The van der Waals surface area contributed by atoms with Crippen LogP contribution in [0.1, 0.15) is 36.1 Å². The SMILES string of the molecule is Cc1cc(-c2c(C#N)ccc(O)c2C#N)cc(C)c1OC(C)C. The van der Waals surface area contributed by atoms with Crippen molar-refractivity contribution in [2.45, 2.75) is 33.8 Å². The number of phenolic OH excluding ortho intramolecular Hbond substituents is 1. The van der Waals surface area contributed by atoms with E-state index >= 15 is 0 Å². The molecule has 0 saturated heterocycles. The molecule has 0 atom stereocenters. The average molecular weight is 306 g/mol. The Bertz CT molecular complexity index is 817. The van der Waals surface area contributed by atoms with E-state index in [9.17, 15) is 15.6 Å². The standard InChI is InChI=1S/C19H18N2O2/c1-11(2)23-19-12(3)7-15(8-13(19)4)18-14(9-20)5-6-17(22)16(18)10-21/h5-8,11,22H,1-4H3. The maximum absolute atomic E-state index is 9.93. The number of ether oxygens (including phenoxy) is 1. The fourth-order valence-electron chi connectivity index (χ4n) is 2.61. The van der Waals surface area contributed by atoms with Gasteiger partial charge in [0.05, 0.1) is 17.7 Å². The van der Waals surface area contributed by atoms with Gasteiger partial charge in [-0.3, -0.25) is 0 Å². The van der Waals surface area contributed by atoms with Gasteiger partial charge in [0.2, 0.25) is 0 Å². The van der Waals surface area contributed by atoms with Crippen LogP contribution in [0, 0.1) is 36.5 Å². The second-order valence-corrected chi connectivity index (χ2v) is 5.71. The average Bonchev–Trinajstić information content (AvgIpc) is 2.50. The van der Waals surface area contributed by atoms with E-state index in [-0.39, 0.29) is 17.4 Å². The van der Waals surface area contributed by atoms with Crippen LogP contribution in [0.5, 0.6) is 11.5 Å². The van der Waals surface area contributed by atoms with E-state index in [1.807, 2.05) is 45.9 Å². The molecule has 0 radical (unpaired) electrons. The zero-order chi connectivity index (χ0) is 17.1. The molecular weight excluding hydrogens is 288 g/mol. The van der Waals surface area contributed by atoms with Crippen LogP contribution in [-0.4, -0.2) is 11.2 Å². The van der Waals surface area contributed by atoms with Crippen LogP contribution in [0.4, 0.5) is 0 Å². The Morgan fingerprint density at radius 3 is 2.13 bits per heavy atom. The molecule has 0 saturated carbocycles. The van der Waals surface area contributed by atoms with Gasteiger partial charge >= 0.3 is 0 Å². The van der Waals surface area contributed by atoms with Crippen LogP contribution in [0.15, 0.2) is 24.3 Å². The summed E-state index contributed by atoms with van der Waals surface area (Å²) in [7, 11) is 0. The summed E-state index contributed by atoms with van der Waals surface area (Å²) in [4.78, 5) is 0. The number of hydrogen-bond acceptors (Lipinski definition) is 4. The number of hydrogen-bond donors (Lipinski definition) is 1. The van der Waals surface area contributed by atoms with E-state index in [0.717, 1.165) is 22.4 Å². The molecule has 0 aliphatic rings. The molecule has 116 valence electrons. The third-order valence-electron chi connectivity index (χ3n) is 3.52. The molecule has 0 unspecified atom stereocenters. The van der Waals surface area contributed by atoms with E-state index in [4.69, 9.17) is 4.74 Å². The Balaban J connectivity index is 2.72. The lowest BCUT2D eigenvalue weighted by Crippen LogP contribution is -2.08. The lowest BCUT2D eigenvalue weighted by atomic mass is 9.92. The highest BCUT2D eigenvalue weighted by atomic mass is 16.5. The minimum absolute atomic E-state index is 0.0587. The second-order valence-electron chi connectivity index (χ2n) is 5.71. The van der Waals surface area contributed by atoms with E-state index in [1.54, 1.807) is 0 Å². The number of phenols is 1. The summed E-state index contributed by atoms with van der Waals surface area (Å²) in [6.45, 7) is 7.78. The summed E-state index contributed by atoms with van der Waals surface area (Å²) in [6, 6.07) is 10.7. The van der Waals surface area contributed by atoms with Gasteiger partial charge in [-0.1, -0.05) is 0 Å². The second kappa shape index (κ2) is 6.42. The van der Waals surface area contributed by atoms with Crippen molar-refractivity contribution < 1.29 is 9.84 Å². The Hall–Kier alpha value is -2.98. The van der Waals surface area contributed by atoms with Crippen LogP contribution in [-0.2, 0) is 0 Å². The molecule has 2 aromatic rings. The maximum atomic E-state index is 9.93. The van der Waals surface area contributed by atoms with Gasteiger partial charge in [-0.25, -0.2) is 0 Å². The Morgan fingerprint density at radius 1 is 1.04 bits per heavy atom. The lowest BCUT2D eigenvalue weighted by molar-refractivity contribution is 0.239. The monoisotopic (exact) mass is 306 g/mol. The van der Waals surface area contributed by atoms with Gasteiger partial charge in [0.25, 0.3) is 0 Å². The molecular formula is C19H18N2O2. The Labute approximate surface area is 136 Å². The van der Waals surface area contributed by atoms with Gasteiger partial charge < -0.3 is 9.84 Å². The summed E-state index contributed by atoms with van der Waals surface area (Å²) in [5, 5.41) is 28.6. The molecule has 4 nitrogen and oxygen atoms in total. The largest absolute Gasteiger partial charge is 0.507 e. The molecule has 0 aromatic heterocycles. The molecule has 0 aliphatic heterocycles. The minimum atomic E-state index is -0.126. The first-order valence-electron chi connectivity index (χ1n) is 7.33. The van der Waals surface area contributed by atoms with Gasteiger partial charge in [0, 0.05) is 5.56 Å². The number of rotatable bonds is 3. The fraction of sp³-hybridized carbons (Fsp3) is 0.263. The predicted octanol–water partition coefficient (Wildman–Crippen LogP) is 4.21. The smallest absolute Gasteiger partial charge is 0.134 e. The first-order valence-corrected chi connectivity index (χ1v) is 7.33. The molecule has 0 fully saturated rings. The van der Waals surface area contributed by atoms with Crippen LogP contribution in [0.3, 0.4) is 0 Å². The number of aryl methyl sites for hydroxylation is 2. The lowest BCUT2D eigenvalue weighted by Gasteiger charge is -2.17. The summed E-state index contributed by atoms with van der Waals surface area (Å²) in [5.41, 5.74) is 3.49. The topological polar surface area (TPSA) is 77.0 Å². The Kier molecular flexibility index (Phi) is 4.57. The van der Waals surface area contributed by atoms with Gasteiger partial charge in [-0.2, -0.15) is 10.5 Å². The van der Waals surface area contributed by atoms with E-state index in [0.29, 0.717) is 11.1 Å². The molecule has 23 heavy (non-hydrogen) atoms. The molecule has 2 rings (SSSR count). The molecule has 0 amide bonds. The highest BCUT2D eigenvalue weighted by Gasteiger charge is 2.17. The molecule has 0 aliphatic carbocycles. The van der Waals surface area contributed by atoms with Gasteiger partial charge in [0.15, 0.2) is 0 Å². The number of aromatic hydroxyl groups is 1. The summed E-state index contributed by atoms with van der Waals surface area (Å²) in [5.74, 6) is 0.681. The van der Waals surface area contributed by atoms with Crippen molar-refractivity contribution in [2.24, 2.45) is 0 Å². The molecule has 1 N–H and O–H groups in total. The van der Waals surface area contributed by atoms with Gasteiger partial charge in [-0.15, -0.1) is 0 Å². The van der Waals surface area contributed by atoms with Crippen molar-refractivity contribution in [3.05, 3.63) is 46.5 Å². The highest BCUT2D eigenvalue weighted by molar-refractivity contribution is 5.80. The predicted molar refractivity (Wildman–Crippen MR) is 88.2 cm³/mol. The zero-order valence-corrected chi connectivity index (χ0v) is 13.6. The Morgan fingerprint density at radius 2 is 1.65 bits per heavy atom. The molecule has 2 aromatic carbocycles. The van der Waals surface area contributed by atoms with Crippen molar-refractivity contribution >= 4 is 0 Å². The number of nitrogens with zero attached hydrogens (tertiary/aromatic N) is 2. The van der Waals surface area contributed by atoms with Gasteiger partial charge in [-0.05, 0) is 68.7 Å². The third-order valence-corrected chi connectivity index (χ3v) is 3.52. The van der Waals surface area contributed by atoms with Crippen molar-refractivity contribution in [3.8, 4) is 34.8 Å². The van der Waals surface area contributed by atoms with E-state index in [1.165, 1.54) is 12.1 Å². The summed E-state index contributed by atoms with van der Waals surface area (Å²) in [6.07, 6.45) is 0.0587. The van der Waals surface area contributed by atoms with Gasteiger partial charge in [0.1, 0.15) is 23.1 Å². The highest BCUT2D eigenvalue weighted by Crippen LogP contribution is 2.36. The molecule has 0 spiro atoms. The van der Waals surface area contributed by atoms with Crippen LogP contribution in [0.2, 0.25) is 0 Å². The first kappa shape index (κ1) is 16.4. The zero-order valence-electron chi connectivity index (χ0n) is 13.6. The summed E-state index contributed by atoms with van der Waals surface area (Å²) >= 11 is 0. The third kappa shape index (κ3) is 3.12. The van der Waals surface area contributed by atoms with Crippen LogP contribution >= 0.6 is 0 Å². The molecule has 4 heteroatoms. The van der Waals surface area contributed by atoms with Crippen molar-refractivity contribution in [1.82, 2.24) is 0 Å². The summed E-state index contributed by atoms with van der Waals surface area (Å²) < 4.78 is 5.82. The fourth-order valence-corrected chi connectivity index (χ4v) is 2.61. The van der Waals surface area contributed by atoms with Crippen LogP contribution < -0.4 is 4.74 Å². The van der Waals surface area contributed by atoms with Crippen molar-refractivity contribution in [3.63, 3.8) is 0 Å². The first-order chi connectivity index (χ1) is 10.9. The van der Waals surface area contributed by atoms with E-state index < -0.39 is 0 Å². The quantitative estimate of drug-likeness (QED) is 0.921. The molecule has 0 heterocycles. The molecule has 0 bridgehead atoms. The minimum Gasteiger partial charge on any atom is -0.507 e. The number of nitriles is 2. The van der Waals surface area contributed by atoms with Crippen molar-refractivity contribution in [2.75, 3.05) is 0 Å². The van der Waals surface area contributed by atoms with Crippen LogP contribution in [0.25, 0.3) is 11.1 Å². The van der Waals surface area contributed by atoms with Crippen molar-refractivity contribution in [1.29, 1.82) is 10.5 Å². The number of benzene rings is 2. The normalized spacial score (nSPS) is 10.2. The maximum Gasteiger partial charge on any atom is 0.134 e. The van der Waals surface area contributed by atoms with E-state index in [2.05, 4.69) is 6.07 Å².